The van der Waals surface area contributed by atoms with E-state index in [0.29, 0.717) is 48.0 Å². The van der Waals surface area contributed by atoms with Crippen LogP contribution in [0.15, 0.2) is 42.5 Å². The third-order valence-electron chi connectivity index (χ3n) is 4.14. The summed E-state index contributed by atoms with van der Waals surface area (Å²) in [4.78, 5) is 16.5. The van der Waals surface area contributed by atoms with Crippen molar-refractivity contribution < 1.29 is 4.79 Å². The molecule has 24 heavy (non-hydrogen) atoms. The number of rotatable bonds is 2. The quantitative estimate of drug-likeness (QED) is 0.853. The number of nitrogen functional groups attached to an aromatic ring is 1. The van der Waals surface area contributed by atoms with Crippen molar-refractivity contribution in [2.45, 2.75) is 0 Å². The summed E-state index contributed by atoms with van der Waals surface area (Å²) >= 11 is 5.86. The molecule has 0 aliphatic carbocycles. The van der Waals surface area contributed by atoms with Gasteiger partial charge in [0.2, 0.25) is 0 Å². The highest BCUT2D eigenvalue weighted by molar-refractivity contribution is 6.30. The minimum Gasteiger partial charge on any atom is -0.399 e. The number of carbonyl (C=O) groups is 1. The van der Waals surface area contributed by atoms with Gasteiger partial charge in [-0.2, -0.15) is 5.26 Å². The van der Waals surface area contributed by atoms with E-state index in [1.807, 2.05) is 11.0 Å². The Morgan fingerprint density at radius 1 is 1.08 bits per heavy atom. The van der Waals surface area contributed by atoms with Crippen molar-refractivity contribution in [2.75, 3.05) is 36.8 Å². The number of anilines is 2. The van der Waals surface area contributed by atoms with E-state index in [4.69, 9.17) is 17.3 Å². The zero-order valence-electron chi connectivity index (χ0n) is 13.1. The maximum absolute atomic E-state index is 12.5. The maximum atomic E-state index is 12.5. The van der Waals surface area contributed by atoms with Gasteiger partial charge in [0.25, 0.3) is 5.91 Å². The molecule has 3 rings (SSSR count). The van der Waals surface area contributed by atoms with Gasteiger partial charge in [0.05, 0.1) is 11.3 Å². The third-order valence-corrected chi connectivity index (χ3v) is 4.39. The van der Waals surface area contributed by atoms with Gasteiger partial charge in [-0.05, 0) is 42.5 Å². The molecule has 1 fully saturated rings. The molecule has 6 heteroatoms. The number of nitrogens with two attached hydrogens (primary N) is 1. The normalized spacial score (nSPS) is 14.3. The van der Waals surface area contributed by atoms with Gasteiger partial charge in [0, 0.05) is 42.5 Å². The van der Waals surface area contributed by atoms with Crippen molar-refractivity contribution in [3.63, 3.8) is 0 Å². The van der Waals surface area contributed by atoms with Crippen LogP contribution in [0.25, 0.3) is 0 Å². The summed E-state index contributed by atoms with van der Waals surface area (Å²) in [7, 11) is 0. The van der Waals surface area contributed by atoms with Crippen molar-refractivity contribution in [3.8, 4) is 6.07 Å². The Balaban J connectivity index is 1.69. The van der Waals surface area contributed by atoms with Crippen LogP contribution >= 0.6 is 11.6 Å². The van der Waals surface area contributed by atoms with Crippen LogP contribution < -0.4 is 10.6 Å². The van der Waals surface area contributed by atoms with Crippen LogP contribution in [-0.4, -0.2) is 37.0 Å². The van der Waals surface area contributed by atoms with Crippen molar-refractivity contribution in [1.82, 2.24) is 4.90 Å². The van der Waals surface area contributed by atoms with Gasteiger partial charge in [-0.1, -0.05) is 11.6 Å². The number of carbonyl (C=O) groups excluding carboxylic acids is 1. The van der Waals surface area contributed by atoms with E-state index in [9.17, 15) is 10.1 Å². The summed E-state index contributed by atoms with van der Waals surface area (Å²) in [5.74, 6) is 0.00382. The second kappa shape index (κ2) is 6.81. The fourth-order valence-corrected chi connectivity index (χ4v) is 2.97. The zero-order valence-corrected chi connectivity index (χ0v) is 13.8. The molecular formula is C18H17ClN4O. The molecule has 0 radical (unpaired) electrons. The molecule has 0 atom stereocenters. The van der Waals surface area contributed by atoms with Gasteiger partial charge in [0.1, 0.15) is 6.07 Å². The summed E-state index contributed by atoms with van der Waals surface area (Å²) in [6.45, 7) is 2.57. The SMILES string of the molecule is N#Cc1cc(N)ccc1N1CCN(C(=O)c2ccc(Cl)cc2)CC1. The van der Waals surface area contributed by atoms with E-state index in [2.05, 4.69) is 11.0 Å². The molecule has 1 aliphatic rings. The molecular weight excluding hydrogens is 324 g/mol. The monoisotopic (exact) mass is 340 g/mol. The standard InChI is InChI=1S/C18H17ClN4O/c19-15-3-1-13(2-4-15)18(24)23-9-7-22(8-10-23)17-6-5-16(21)11-14(17)12-20/h1-6,11H,7-10,21H2. The first-order valence-corrected chi connectivity index (χ1v) is 8.05. The van der Waals surface area contributed by atoms with Crippen molar-refractivity contribution in [1.29, 1.82) is 5.26 Å². The number of halogens is 1. The van der Waals surface area contributed by atoms with Crippen LogP contribution in [-0.2, 0) is 0 Å². The number of nitriles is 1. The first-order valence-electron chi connectivity index (χ1n) is 7.68. The first-order chi connectivity index (χ1) is 11.6. The minimum atomic E-state index is 0.00382. The Kier molecular flexibility index (Phi) is 4.59. The molecule has 1 amide bonds. The lowest BCUT2D eigenvalue weighted by Crippen LogP contribution is -2.49. The predicted octanol–water partition coefficient (Wildman–Crippen LogP) is 2.76. The minimum absolute atomic E-state index is 0.00382. The lowest BCUT2D eigenvalue weighted by atomic mass is 10.1. The fraction of sp³-hybridized carbons (Fsp3) is 0.222. The molecule has 2 aromatic rings. The van der Waals surface area contributed by atoms with Gasteiger partial charge < -0.3 is 15.5 Å². The average molecular weight is 341 g/mol. The molecule has 0 bridgehead atoms. The topological polar surface area (TPSA) is 73.4 Å². The summed E-state index contributed by atoms with van der Waals surface area (Å²) in [5, 5.41) is 9.89. The molecule has 2 N–H and O–H groups in total. The molecule has 1 heterocycles. The van der Waals surface area contributed by atoms with Crippen molar-refractivity contribution >= 4 is 28.9 Å². The highest BCUT2D eigenvalue weighted by atomic mass is 35.5. The lowest BCUT2D eigenvalue weighted by molar-refractivity contribution is 0.0747. The van der Waals surface area contributed by atoms with Gasteiger partial charge >= 0.3 is 0 Å². The Morgan fingerprint density at radius 2 is 1.75 bits per heavy atom. The molecule has 0 unspecified atom stereocenters. The van der Waals surface area contributed by atoms with Crippen LogP contribution in [0.3, 0.4) is 0 Å². The molecule has 0 saturated carbocycles. The predicted molar refractivity (Wildman–Crippen MR) is 95.1 cm³/mol. The van der Waals surface area contributed by atoms with Gasteiger partial charge in [-0.3, -0.25) is 4.79 Å². The number of nitrogens with zero attached hydrogens (tertiary/aromatic N) is 3. The number of hydrogen-bond acceptors (Lipinski definition) is 4. The Labute approximate surface area is 145 Å². The average Bonchev–Trinajstić information content (AvgIpc) is 2.62. The van der Waals surface area contributed by atoms with Crippen LogP contribution in [0.2, 0.25) is 5.02 Å². The second-order valence-electron chi connectivity index (χ2n) is 5.67. The molecule has 122 valence electrons. The smallest absolute Gasteiger partial charge is 0.253 e. The maximum Gasteiger partial charge on any atom is 0.253 e. The number of piperazine rings is 1. The third kappa shape index (κ3) is 3.29. The molecule has 2 aromatic carbocycles. The number of amides is 1. The van der Waals surface area contributed by atoms with E-state index in [-0.39, 0.29) is 5.91 Å². The highest BCUT2D eigenvalue weighted by Gasteiger charge is 2.23. The Hall–Kier alpha value is -2.71. The molecule has 5 nitrogen and oxygen atoms in total. The highest BCUT2D eigenvalue weighted by Crippen LogP contribution is 2.24. The molecule has 1 aliphatic heterocycles. The van der Waals surface area contributed by atoms with Crippen LogP contribution in [0.4, 0.5) is 11.4 Å². The Morgan fingerprint density at radius 3 is 2.38 bits per heavy atom. The van der Waals surface area contributed by atoms with Crippen LogP contribution in [0, 0.1) is 11.3 Å². The van der Waals surface area contributed by atoms with E-state index in [1.54, 1.807) is 36.4 Å². The molecule has 0 spiro atoms. The molecule has 0 aromatic heterocycles. The van der Waals surface area contributed by atoms with Crippen molar-refractivity contribution in [2.24, 2.45) is 0 Å². The van der Waals surface area contributed by atoms with Gasteiger partial charge in [0.15, 0.2) is 0 Å². The van der Waals surface area contributed by atoms with Gasteiger partial charge in [-0.15, -0.1) is 0 Å². The fourth-order valence-electron chi connectivity index (χ4n) is 2.84. The Bertz CT molecular complexity index is 790. The first kappa shape index (κ1) is 16.2. The summed E-state index contributed by atoms with van der Waals surface area (Å²) in [5.41, 5.74) is 8.38. The van der Waals surface area contributed by atoms with Gasteiger partial charge in [-0.25, -0.2) is 0 Å². The summed E-state index contributed by atoms with van der Waals surface area (Å²) in [6.07, 6.45) is 0. The van der Waals surface area contributed by atoms with Crippen LogP contribution in [0.1, 0.15) is 15.9 Å². The number of benzene rings is 2. The number of hydrogen-bond donors (Lipinski definition) is 1. The van der Waals surface area contributed by atoms with E-state index < -0.39 is 0 Å². The zero-order chi connectivity index (χ0) is 17.1. The lowest BCUT2D eigenvalue weighted by Gasteiger charge is -2.36. The largest absolute Gasteiger partial charge is 0.399 e. The van der Waals surface area contributed by atoms with Crippen molar-refractivity contribution in [3.05, 3.63) is 58.6 Å². The van der Waals surface area contributed by atoms with E-state index in [0.717, 1.165) is 5.69 Å². The summed E-state index contributed by atoms with van der Waals surface area (Å²) in [6, 6.07) is 14.4. The molecule has 1 saturated heterocycles. The van der Waals surface area contributed by atoms with E-state index >= 15 is 0 Å². The summed E-state index contributed by atoms with van der Waals surface area (Å²) < 4.78 is 0. The van der Waals surface area contributed by atoms with E-state index in [1.165, 1.54) is 0 Å². The second-order valence-corrected chi connectivity index (χ2v) is 6.11. The van der Waals surface area contributed by atoms with Crippen LogP contribution in [0.5, 0.6) is 0 Å².